The van der Waals surface area contributed by atoms with E-state index in [1.807, 2.05) is 13.0 Å². The SMILES string of the molecule is Cc1cncc(N2CCCCc3nc(C#N)ccc32)n1. The number of hydrogen-bond donors (Lipinski definition) is 0. The van der Waals surface area contributed by atoms with Crippen molar-refractivity contribution in [1.29, 1.82) is 5.26 Å². The number of fused-ring (bicyclic) bond motifs is 1. The molecule has 20 heavy (non-hydrogen) atoms. The molecule has 0 aliphatic carbocycles. The Hall–Kier alpha value is -2.48. The van der Waals surface area contributed by atoms with Gasteiger partial charge in [0.2, 0.25) is 0 Å². The van der Waals surface area contributed by atoms with Gasteiger partial charge in [-0.05, 0) is 38.3 Å². The maximum Gasteiger partial charge on any atom is 0.151 e. The monoisotopic (exact) mass is 265 g/mol. The van der Waals surface area contributed by atoms with Crippen LogP contribution in [0, 0.1) is 18.3 Å². The molecule has 0 saturated heterocycles. The van der Waals surface area contributed by atoms with E-state index in [9.17, 15) is 0 Å². The fraction of sp³-hybridized carbons (Fsp3) is 0.333. The van der Waals surface area contributed by atoms with Crippen molar-refractivity contribution >= 4 is 11.5 Å². The van der Waals surface area contributed by atoms with Crippen molar-refractivity contribution in [2.24, 2.45) is 0 Å². The third-order valence-corrected chi connectivity index (χ3v) is 3.42. The molecule has 5 nitrogen and oxygen atoms in total. The van der Waals surface area contributed by atoms with E-state index >= 15 is 0 Å². The average molecular weight is 265 g/mol. The number of pyridine rings is 1. The molecule has 0 fully saturated rings. The third kappa shape index (κ3) is 2.32. The Balaban J connectivity index is 2.08. The number of aromatic nitrogens is 3. The van der Waals surface area contributed by atoms with Crippen molar-refractivity contribution < 1.29 is 0 Å². The van der Waals surface area contributed by atoms with Crippen molar-refractivity contribution in [3.05, 3.63) is 41.6 Å². The number of rotatable bonds is 1. The molecule has 0 N–H and O–H groups in total. The minimum absolute atomic E-state index is 0.473. The van der Waals surface area contributed by atoms with Crippen LogP contribution in [0.25, 0.3) is 0 Å². The lowest BCUT2D eigenvalue weighted by Gasteiger charge is -2.23. The Labute approximate surface area is 117 Å². The molecule has 0 atom stereocenters. The van der Waals surface area contributed by atoms with E-state index in [-0.39, 0.29) is 0 Å². The van der Waals surface area contributed by atoms with E-state index in [4.69, 9.17) is 5.26 Å². The smallest absolute Gasteiger partial charge is 0.151 e. The lowest BCUT2D eigenvalue weighted by molar-refractivity contribution is 0.750. The van der Waals surface area contributed by atoms with Crippen LogP contribution in [0.2, 0.25) is 0 Å². The summed E-state index contributed by atoms with van der Waals surface area (Å²) in [6, 6.07) is 5.84. The lowest BCUT2D eigenvalue weighted by atomic mass is 10.2. The van der Waals surface area contributed by atoms with E-state index < -0.39 is 0 Å². The molecule has 2 aromatic heterocycles. The van der Waals surface area contributed by atoms with Crippen LogP contribution in [0.5, 0.6) is 0 Å². The third-order valence-electron chi connectivity index (χ3n) is 3.42. The molecule has 0 saturated carbocycles. The van der Waals surface area contributed by atoms with Crippen molar-refractivity contribution in [1.82, 2.24) is 15.0 Å². The maximum atomic E-state index is 8.98. The van der Waals surface area contributed by atoms with Gasteiger partial charge in [0.05, 0.1) is 23.3 Å². The predicted octanol–water partition coefficient (Wildman–Crippen LogP) is 2.53. The lowest BCUT2D eigenvalue weighted by Crippen LogP contribution is -2.20. The molecule has 100 valence electrons. The fourth-order valence-corrected chi connectivity index (χ4v) is 2.49. The zero-order chi connectivity index (χ0) is 13.9. The normalized spacial score (nSPS) is 14.3. The number of aryl methyl sites for hydroxylation is 2. The summed E-state index contributed by atoms with van der Waals surface area (Å²) in [5.41, 5.74) is 3.39. The quantitative estimate of drug-likeness (QED) is 0.792. The molecule has 1 aliphatic heterocycles. The minimum atomic E-state index is 0.473. The van der Waals surface area contributed by atoms with Crippen LogP contribution in [0.15, 0.2) is 24.5 Å². The molecule has 0 aromatic carbocycles. The molecule has 3 heterocycles. The van der Waals surface area contributed by atoms with Crippen LogP contribution in [-0.2, 0) is 6.42 Å². The van der Waals surface area contributed by atoms with Crippen molar-refractivity contribution in [3.8, 4) is 6.07 Å². The highest BCUT2D eigenvalue weighted by Crippen LogP contribution is 2.30. The zero-order valence-corrected chi connectivity index (χ0v) is 11.4. The first-order valence-electron chi connectivity index (χ1n) is 6.74. The second kappa shape index (κ2) is 5.25. The Kier molecular flexibility index (Phi) is 3.30. The van der Waals surface area contributed by atoms with Gasteiger partial charge >= 0.3 is 0 Å². The molecular weight excluding hydrogens is 250 g/mol. The van der Waals surface area contributed by atoms with Gasteiger partial charge in [0.1, 0.15) is 11.8 Å². The highest BCUT2D eigenvalue weighted by molar-refractivity contribution is 5.63. The first-order valence-corrected chi connectivity index (χ1v) is 6.74. The summed E-state index contributed by atoms with van der Waals surface area (Å²) >= 11 is 0. The molecular formula is C15H15N5. The highest BCUT2D eigenvalue weighted by Gasteiger charge is 2.19. The first-order chi connectivity index (χ1) is 9.78. The Bertz CT molecular complexity index is 674. The van der Waals surface area contributed by atoms with Crippen molar-refractivity contribution in [2.45, 2.75) is 26.2 Å². The van der Waals surface area contributed by atoms with Crippen LogP contribution in [0.4, 0.5) is 11.5 Å². The maximum absolute atomic E-state index is 8.98. The van der Waals surface area contributed by atoms with Crippen LogP contribution < -0.4 is 4.90 Å². The Morgan fingerprint density at radius 1 is 1.20 bits per heavy atom. The summed E-state index contributed by atoms with van der Waals surface area (Å²) in [5, 5.41) is 8.98. The predicted molar refractivity (Wildman–Crippen MR) is 75.7 cm³/mol. The molecule has 2 aromatic rings. The first kappa shape index (κ1) is 12.5. The second-order valence-corrected chi connectivity index (χ2v) is 4.90. The average Bonchev–Trinajstić information content (AvgIpc) is 2.68. The van der Waals surface area contributed by atoms with Crippen LogP contribution in [-0.4, -0.2) is 21.5 Å². The standard InChI is InChI=1S/C15H15N5/c1-11-9-17-10-15(18-11)20-7-3-2-4-13-14(20)6-5-12(8-16)19-13/h5-6,9-10H,2-4,7H2,1H3. The van der Waals surface area contributed by atoms with Gasteiger partial charge in [-0.3, -0.25) is 4.98 Å². The van der Waals surface area contributed by atoms with E-state index in [1.54, 1.807) is 18.5 Å². The molecule has 0 unspecified atom stereocenters. The summed E-state index contributed by atoms with van der Waals surface area (Å²) in [4.78, 5) is 15.4. The van der Waals surface area contributed by atoms with Crippen molar-refractivity contribution in [3.63, 3.8) is 0 Å². The molecule has 0 radical (unpaired) electrons. The second-order valence-electron chi connectivity index (χ2n) is 4.90. The minimum Gasteiger partial charge on any atom is -0.323 e. The molecule has 1 aliphatic rings. The fourth-order valence-electron chi connectivity index (χ4n) is 2.49. The number of nitrogens with zero attached hydrogens (tertiary/aromatic N) is 5. The summed E-state index contributed by atoms with van der Waals surface area (Å²) in [7, 11) is 0. The number of hydrogen-bond acceptors (Lipinski definition) is 5. The van der Waals surface area contributed by atoms with Gasteiger partial charge in [0.25, 0.3) is 0 Å². The largest absolute Gasteiger partial charge is 0.323 e. The van der Waals surface area contributed by atoms with Gasteiger partial charge in [-0.2, -0.15) is 5.26 Å². The van der Waals surface area contributed by atoms with Crippen LogP contribution in [0.1, 0.15) is 29.9 Å². The van der Waals surface area contributed by atoms with Gasteiger partial charge in [-0.25, -0.2) is 9.97 Å². The Morgan fingerprint density at radius 3 is 2.90 bits per heavy atom. The van der Waals surface area contributed by atoms with E-state index in [1.165, 1.54) is 0 Å². The number of anilines is 2. The highest BCUT2D eigenvalue weighted by atomic mass is 15.2. The summed E-state index contributed by atoms with van der Waals surface area (Å²) in [6.45, 7) is 2.84. The Morgan fingerprint density at radius 2 is 2.10 bits per heavy atom. The van der Waals surface area contributed by atoms with Crippen LogP contribution >= 0.6 is 0 Å². The van der Waals surface area contributed by atoms with E-state index in [0.29, 0.717) is 5.69 Å². The van der Waals surface area contributed by atoms with E-state index in [0.717, 1.165) is 48.7 Å². The molecule has 5 heteroatoms. The van der Waals surface area contributed by atoms with Gasteiger partial charge in [0, 0.05) is 12.7 Å². The van der Waals surface area contributed by atoms with Gasteiger partial charge in [-0.1, -0.05) is 0 Å². The molecule has 3 rings (SSSR count). The van der Waals surface area contributed by atoms with Gasteiger partial charge in [-0.15, -0.1) is 0 Å². The van der Waals surface area contributed by atoms with Gasteiger partial charge < -0.3 is 4.90 Å². The molecule has 0 spiro atoms. The zero-order valence-electron chi connectivity index (χ0n) is 11.4. The molecule has 0 amide bonds. The number of nitriles is 1. The van der Waals surface area contributed by atoms with E-state index in [2.05, 4.69) is 25.9 Å². The van der Waals surface area contributed by atoms with Gasteiger partial charge in [0.15, 0.2) is 5.82 Å². The molecule has 0 bridgehead atoms. The summed E-state index contributed by atoms with van der Waals surface area (Å²) in [6.07, 6.45) is 6.58. The summed E-state index contributed by atoms with van der Waals surface area (Å²) in [5.74, 6) is 0.847. The topological polar surface area (TPSA) is 65.7 Å². The summed E-state index contributed by atoms with van der Waals surface area (Å²) < 4.78 is 0. The van der Waals surface area contributed by atoms with Crippen LogP contribution in [0.3, 0.4) is 0 Å². The van der Waals surface area contributed by atoms with Crippen molar-refractivity contribution in [2.75, 3.05) is 11.4 Å².